The summed E-state index contributed by atoms with van der Waals surface area (Å²) in [5.74, 6) is -1.65. The highest BCUT2D eigenvalue weighted by molar-refractivity contribution is 7.89. The molecule has 3 rings (SSSR count). The van der Waals surface area contributed by atoms with Crippen molar-refractivity contribution in [3.8, 4) is 5.75 Å². The Kier molecular flexibility index (Phi) is 9.21. The first kappa shape index (κ1) is 28.4. The average molecular weight is 541 g/mol. The summed E-state index contributed by atoms with van der Waals surface area (Å²) in [5, 5.41) is 2.60. The molecule has 200 valence electrons. The maximum atomic E-state index is 13.4. The second-order valence-electron chi connectivity index (χ2n) is 8.27. The van der Waals surface area contributed by atoms with Gasteiger partial charge in [-0.15, -0.1) is 0 Å². The van der Waals surface area contributed by atoms with Gasteiger partial charge in [0.15, 0.2) is 0 Å². The van der Waals surface area contributed by atoms with E-state index in [0.717, 1.165) is 0 Å². The Morgan fingerprint density at radius 2 is 1.45 bits per heavy atom. The summed E-state index contributed by atoms with van der Waals surface area (Å²) in [5.41, 5.74) is 1.39. The number of sulfonamides is 1. The summed E-state index contributed by atoms with van der Waals surface area (Å²) in [4.78, 5) is 37.6. The topological polar surface area (TPSA) is 137 Å². The fourth-order valence-electron chi connectivity index (χ4n) is 3.71. The first-order valence-electron chi connectivity index (χ1n) is 11.4. The van der Waals surface area contributed by atoms with Gasteiger partial charge in [0, 0.05) is 5.69 Å². The molecule has 0 aliphatic rings. The third-order valence-corrected chi connectivity index (χ3v) is 7.09. The number of nitrogens with one attached hydrogen (secondary N) is 2. The molecule has 0 aromatic heterocycles. The summed E-state index contributed by atoms with van der Waals surface area (Å²) < 4.78 is 43.6. The van der Waals surface area contributed by atoms with Gasteiger partial charge in [-0.05, 0) is 60.9 Å². The fraction of sp³-hybridized carbons (Fsp3) is 0.222. The minimum Gasteiger partial charge on any atom is -0.496 e. The van der Waals surface area contributed by atoms with Crippen LogP contribution in [0.4, 0.5) is 5.69 Å². The van der Waals surface area contributed by atoms with E-state index in [1.165, 1.54) is 57.7 Å². The standard InChI is InChI=1S/C27H28N2O8S/c1-17-12-22(10-11-24(17)35-2)38(33,34)29-23(13-18-8-6-5-7-9-18)25(30)28-21-15-19(26(31)36-3)14-20(16-21)27(32)37-4/h5-12,14-16,23,29H,13H2,1-4H3,(H,28,30). The second kappa shape index (κ2) is 12.3. The molecule has 0 saturated carbocycles. The lowest BCUT2D eigenvalue weighted by Crippen LogP contribution is -2.45. The molecule has 1 atom stereocenters. The monoisotopic (exact) mass is 540 g/mol. The van der Waals surface area contributed by atoms with Crippen molar-refractivity contribution in [2.75, 3.05) is 26.6 Å². The predicted molar refractivity (Wildman–Crippen MR) is 140 cm³/mol. The number of carbonyl (C=O) groups is 3. The van der Waals surface area contributed by atoms with E-state index < -0.39 is 33.9 Å². The SMILES string of the molecule is COC(=O)c1cc(NC(=O)C(Cc2ccccc2)NS(=O)(=O)c2ccc(OC)c(C)c2)cc(C(=O)OC)c1. The lowest BCUT2D eigenvalue weighted by Gasteiger charge is -2.20. The quantitative estimate of drug-likeness (QED) is 0.374. The van der Waals surface area contributed by atoms with Gasteiger partial charge in [0.05, 0.1) is 37.4 Å². The van der Waals surface area contributed by atoms with E-state index in [4.69, 9.17) is 14.2 Å². The molecule has 0 aliphatic carbocycles. The van der Waals surface area contributed by atoms with Crippen LogP contribution in [0.25, 0.3) is 0 Å². The van der Waals surface area contributed by atoms with E-state index in [0.29, 0.717) is 16.9 Å². The van der Waals surface area contributed by atoms with Crippen molar-refractivity contribution in [3.05, 3.63) is 89.0 Å². The smallest absolute Gasteiger partial charge is 0.337 e. The Morgan fingerprint density at radius 3 is 1.97 bits per heavy atom. The maximum absolute atomic E-state index is 13.4. The number of ether oxygens (including phenoxy) is 3. The molecule has 11 heteroatoms. The number of methoxy groups -OCH3 is 3. The third-order valence-electron chi connectivity index (χ3n) is 5.62. The first-order chi connectivity index (χ1) is 18.1. The van der Waals surface area contributed by atoms with Crippen molar-refractivity contribution in [3.63, 3.8) is 0 Å². The van der Waals surface area contributed by atoms with Gasteiger partial charge >= 0.3 is 11.9 Å². The Morgan fingerprint density at radius 1 is 0.842 bits per heavy atom. The van der Waals surface area contributed by atoms with Gasteiger partial charge in [0.1, 0.15) is 11.8 Å². The zero-order chi connectivity index (χ0) is 27.9. The molecule has 0 saturated heterocycles. The van der Waals surface area contributed by atoms with Crippen LogP contribution >= 0.6 is 0 Å². The second-order valence-corrected chi connectivity index (χ2v) is 9.98. The lowest BCUT2D eigenvalue weighted by atomic mass is 10.1. The average Bonchev–Trinajstić information content (AvgIpc) is 2.91. The van der Waals surface area contributed by atoms with Crippen molar-refractivity contribution in [2.24, 2.45) is 0 Å². The van der Waals surface area contributed by atoms with Gasteiger partial charge < -0.3 is 19.5 Å². The minimum atomic E-state index is -4.13. The lowest BCUT2D eigenvalue weighted by molar-refractivity contribution is -0.117. The molecule has 0 aliphatic heterocycles. The molecule has 0 fully saturated rings. The van der Waals surface area contributed by atoms with Crippen LogP contribution in [0.1, 0.15) is 31.8 Å². The largest absolute Gasteiger partial charge is 0.496 e. The number of esters is 2. The highest BCUT2D eigenvalue weighted by Gasteiger charge is 2.27. The summed E-state index contributed by atoms with van der Waals surface area (Å²) in [6, 6.07) is 15.9. The van der Waals surface area contributed by atoms with Crippen molar-refractivity contribution in [1.82, 2.24) is 4.72 Å². The van der Waals surface area contributed by atoms with Gasteiger partial charge in [0.25, 0.3) is 0 Å². The van der Waals surface area contributed by atoms with Crippen LogP contribution in [0.3, 0.4) is 0 Å². The van der Waals surface area contributed by atoms with Crippen molar-refractivity contribution in [1.29, 1.82) is 0 Å². The van der Waals surface area contributed by atoms with Crippen LogP contribution in [0.5, 0.6) is 5.75 Å². The third kappa shape index (κ3) is 6.96. The van der Waals surface area contributed by atoms with Crippen LogP contribution in [0.15, 0.2) is 71.6 Å². The van der Waals surface area contributed by atoms with Crippen LogP contribution in [-0.2, 0) is 30.7 Å². The van der Waals surface area contributed by atoms with E-state index in [9.17, 15) is 22.8 Å². The maximum Gasteiger partial charge on any atom is 0.337 e. The molecular weight excluding hydrogens is 512 g/mol. The summed E-state index contributed by atoms with van der Waals surface area (Å²) in [6.07, 6.45) is 0.0294. The number of benzene rings is 3. The zero-order valence-corrected chi connectivity index (χ0v) is 22.1. The van der Waals surface area contributed by atoms with Gasteiger partial charge in [-0.3, -0.25) is 4.79 Å². The Bertz CT molecular complexity index is 1400. The van der Waals surface area contributed by atoms with E-state index in [-0.39, 0.29) is 28.1 Å². The molecule has 0 spiro atoms. The van der Waals surface area contributed by atoms with E-state index >= 15 is 0 Å². The molecule has 0 radical (unpaired) electrons. The molecule has 3 aromatic rings. The molecule has 0 bridgehead atoms. The van der Waals surface area contributed by atoms with E-state index in [1.807, 2.05) is 0 Å². The predicted octanol–water partition coefficient (Wildman–Crippen LogP) is 3.11. The fourth-order valence-corrected chi connectivity index (χ4v) is 4.99. The van der Waals surface area contributed by atoms with Crippen molar-refractivity contribution < 1.29 is 37.0 Å². The Balaban J connectivity index is 1.96. The number of hydrogen-bond acceptors (Lipinski definition) is 8. The van der Waals surface area contributed by atoms with Gasteiger partial charge in [0.2, 0.25) is 15.9 Å². The molecular formula is C27H28N2O8S. The molecule has 10 nitrogen and oxygen atoms in total. The van der Waals surface area contributed by atoms with Gasteiger partial charge in [-0.2, -0.15) is 4.72 Å². The number of anilines is 1. The summed E-state index contributed by atoms with van der Waals surface area (Å²) in [7, 11) is -0.293. The van der Waals surface area contributed by atoms with Crippen molar-refractivity contribution >= 4 is 33.6 Å². The molecule has 1 amide bonds. The van der Waals surface area contributed by atoms with Crippen LogP contribution in [0, 0.1) is 6.92 Å². The van der Waals surface area contributed by atoms with Crippen LogP contribution < -0.4 is 14.8 Å². The number of amides is 1. The van der Waals surface area contributed by atoms with Crippen molar-refractivity contribution in [2.45, 2.75) is 24.3 Å². The van der Waals surface area contributed by atoms with Crippen LogP contribution in [-0.4, -0.2) is 53.6 Å². The normalized spacial score (nSPS) is 11.8. The number of hydrogen-bond donors (Lipinski definition) is 2. The molecule has 38 heavy (non-hydrogen) atoms. The number of carbonyl (C=O) groups excluding carboxylic acids is 3. The highest BCUT2D eigenvalue weighted by atomic mass is 32.2. The molecule has 2 N–H and O–H groups in total. The number of aryl methyl sites for hydroxylation is 1. The number of rotatable bonds is 10. The highest BCUT2D eigenvalue weighted by Crippen LogP contribution is 2.22. The van der Waals surface area contributed by atoms with E-state index in [2.05, 4.69) is 10.0 Å². The Hall–Kier alpha value is -4.22. The first-order valence-corrected chi connectivity index (χ1v) is 12.9. The van der Waals surface area contributed by atoms with Gasteiger partial charge in [-0.25, -0.2) is 18.0 Å². The molecule has 1 unspecified atom stereocenters. The minimum absolute atomic E-state index is 0.000372. The summed E-state index contributed by atoms with van der Waals surface area (Å²) >= 11 is 0. The van der Waals surface area contributed by atoms with Gasteiger partial charge in [-0.1, -0.05) is 30.3 Å². The molecule has 3 aromatic carbocycles. The summed E-state index contributed by atoms with van der Waals surface area (Å²) in [6.45, 7) is 1.71. The van der Waals surface area contributed by atoms with Crippen LogP contribution in [0.2, 0.25) is 0 Å². The zero-order valence-electron chi connectivity index (χ0n) is 21.3. The Labute approximate surface area is 221 Å². The van der Waals surface area contributed by atoms with E-state index in [1.54, 1.807) is 37.3 Å². The molecule has 0 heterocycles.